The van der Waals surface area contributed by atoms with E-state index in [2.05, 4.69) is 48.1 Å². The van der Waals surface area contributed by atoms with E-state index in [9.17, 15) is 0 Å². The number of hydrogen-bond donors (Lipinski definition) is 0. The molecule has 0 bridgehead atoms. The predicted octanol–water partition coefficient (Wildman–Crippen LogP) is 5.23. The van der Waals surface area contributed by atoms with Gasteiger partial charge in [-0.25, -0.2) is 0 Å². The third kappa shape index (κ3) is 3.61. The Hall–Kier alpha value is 0.470. The van der Waals surface area contributed by atoms with Gasteiger partial charge in [-0.2, -0.15) is 0 Å². The van der Waals surface area contributed by atoms with E-state index in [0.29, 0.717) is 0 Å². The number of rotatable bonds is 2. The van der Waals surface area contributed by atoms with Crippen LogP contribution < -0.4 is 0 Å². The second-order valence-corrected chi connectivity index (χ2v) is 6.69. The van der Waals surface area contributed by atoms with Gasteiger partial charge in [-0.3, -0.25) is 0 Å². The van der Waals surface area contributed by atoms with E-state index in [4.69, 9.17) is 11.6 Å². The Bertz CT molecular complexity index is 275. The van der Waals surface area contributed by atoms with Gasteiger partial charge in [0.2, 0.25) is 0 Å². The van der Waals surface area contributed by atoms with Gasteiger partial charge in [0.05, 0.1) is 5.38 Å². The first-order valence-electron chi connectivity index (χ1n) is 4.27. The van der Waals surface area contributed by atoms with Gasteiger partial charge in [0.25, 0.3) is 0 Å². The predicted molar refractivity (Wildman–Crippen MR) is 64.7 cm³/mol. The molecular formula is C10H14BrClS. The van der Waals surface area contributed by atoms with Crippen molar-refractivity contribution in [2.45, 2.75) is 32.6 Å². The van der Waals surface area contributed by atoms with Crippen LogP contribution in [0.3, 0.4) is 0 Å². The zero-order valence-electron chi connectivity index (χ0n) is 8.10. The van der Waals surface area contributed by atoms with E-state index in [0.717, 1.165) is 10.9 Å². The minimum absolute atomic E-state index is 0.134. The monoisotopic (exact) mass is 280 g/mol. The first-order chi connectivity index (χ1) is 5.90. The summed E-state index contributed by atoms with van der Waals surface area (Å²) in [6.45, 7) is 6.64. The fraction of sp³-hybridized carbons (Fsp3) is 0.600. The van der Waals surface area contributed by atoms with Crippen molar-refractivity contribution in [2.24, 2.45) is 5.41 Å². The van der Waals surface area contributed by atoms with Crippen LogP contribution in [-0.4, -0.2) is 0 Å². The molecule has 74 valence electrons. The molecule has 0 aliphatic carbocycles. The summed E-state index contributed by atoms with van der Waals surface area (Å²) in [5.41, 5.74) is 0.288. The Kier molecular flexibility index (Phi) is 3.84. The van der Waals surface area contributed by atoms with Crippen molar-refractivity contribution in [3.05, 3.63) is 20.8 Å². The van der Waals surface area contributed by atoms with Gasteiger partial charge < -0.3 is 0 Å². The first kappa shape index (κ1) is 11.5. The summed E-state index contributed by atoms with van der Waals surface area (Å²) in [4.78, 5) is 1.25. The first-order valence-corrected chi connectivity index (χ1v) is 6.38. The molecule has 0 amide bonds. The van der Waals surface area contributed by atoms with Gasteiger partial charge in [0.15, 0.2) is 0 Å². The molecule has 1 atom stereocenters. The van der Waals surface area contributed by atoms with Gasteiger partial charge in [0.1, 0.15) is 0 Å². The van der Waals surface area contributed by atoms with E-state index in [-0.39, 0.29) is 10.8 Å². The lowest BCUT2D eigenvalue weighted by Gasteiger charge is -2.21. The number of alkyl halides is 1. The highest BCUT2D eigenvalue weighted by Crippen LogP contribution is 2.39. The minimum atomic E-state index is 0.134. The highest BCUT2D eigenvalue weighted by Gasteiger charge is 2.20. The summed E-state index contributed by atoms with van der Waals surface area (Å²) in [6, 6.07) is 2.05. The van der Waals surface area contributed by atoms with E-state index in [1.54, 1.807) is 11.3 Å². The topological polar surface area (TPSA) is 0 Å². The van der Waals surface area contributed by atoms with E-state index >= 15 is 0 Å². The van der Waals surface area contributed by atoms with Crippen LogP contribution in [0, 0.1) is 5.41 Å². The second-order valence-electron chi connectivity index (χ2n) is 4.37. The number of hydrogen-bond acceptors (Lipinski definition) is 1. The fourth-order valence-electron chi connectivity index (χ4n) is 1.16. The Balaban J connectivity index is 2.69. The molecule has 0 saturated carbocycles. The molecular weight excluding hydrogens is 268 g/mol. The fourth-order valence-corrected chi connectivity index (χ4v) is 3.65. The minimum Gasteiger partial charge on any atom is -0.146 e. The van der Waals surface area contributed by atoms with Crippen LogP contribution in [0.2, 0.25) is 0 Å². The number of thiophene rings is 1. The van der Waals surface area contributed by atoms with Crippen molar-refractivity contribution in [3.63, 3.8) is 0 Å². The summed E-state index contributed by atoms with van der Waals surface area (Å²) in [5.74, 6) is 0. The van der Waals surface area contributed by atoms with E-state index in [1.165, 1.54) is 4.88 Å². The standard InChI is InChI=1S/C10H14BrClS/c1-10(2,3)6-8(12)9-7(11)4-5-13-9/h4-5,8H,6H2,1-3H3. The van der Waals surface area contributed by atoms with E-state index in [1.807, 2.05) is 0 Å². The summed E-state index contributed by atoms with van der Waals surface area (Å²) in [5, 5.41) is 2.20. The molecule has 13 heavy (non-hydrogen) atoms. The lowest BCUT2D eigenvalue weighted by Crippen LogP contribution is -2.07. The van der Waals surface area contributed by atoms with Crippen LogP contribution >= 0.6 is 38.9 Å². The lowest BCUT2D eigenvalue weighted by atomic mass is 9.90. The third-order valence-corrected chi connectivity index (χ3v) is 4.21. The van der Waals surface area contributed by atoms with Crippen molar-refractivity contribution < 1.29 is 0 Å². The van der Waals surface area contributed by atoms with Crippen molar-refractivity contribution in [3.8, 4) is 0 Å². The SMILES string of the molecule is CC(C)(C)CC(Cl)c1sccc1Br. The molecule has 0 saturated heterocycles. The Labute approximate surface area is 97.4 Å². The van der Waals surface area contributed by atoms with Gasteiger partial charge in [-0.1, -0.05) is 20.8 Å². The number of halogens is 2. The Morgan fingerprint density at radius 3 is 2.54 bits per heavy atom. The van der Waals surface area contributed by atoms with Crippen molar-refractivity contribution in [1.82, 2.24) is 0 Å². The maximum Gasteiger partial charge on any atom is 0.0694 e. The smallest absolute Gasteiger partial charge is 0.0694 e. The average molecular weight is 282 g/mol. The quantitative estimate of drug-likeness (QED) is 0.651. The molecule has 0 aliphatic rings. The van der Waals surface area contributed by atoms with Crippen molar-refractivity contribution >= 4 is 38.9 Å². The molecule has 0 N–H and O–H groups in total. The van der Waals surface area contributed by atoms with Gasteiger partial charge in [-0.15, -0.1) is 22.9 Å². The maximum absolute atomic E-state index is 6.32. The molecule has 0 aliphatic heterocycles. The molecule has 1 aromatic heterocycles. The van der Waals surface area contributed by atoms with Crippen LogP contribution in [0.25, 0.3) is 0 Å². The maximum atomic E-state index is 6.32. The molecule has 1 aromatic rings. The van der Waals surface area contributed by atoms with Crippen LogP contribution in [0.15, 0.2) is 15.9 Å². The zero-order valence-corrected chi connectivity index (χ0v) is 11.3. The average Bonchev–Trinajstić information content (AvgIpc) is 2.30. The van der Waals surface area contributed by atoms with Crippen LogP contribution in [0.4, 0.5) is 0 Å². The van der Waals surface area contributed by atoms with Crippen LogP contribution in [0.1, 0.15) is 37.4 Å². The molecule has 1 unspecified atom stereocenters. The van der Waals surface area contributed by atoms with Gasteiger partial charge >= 0.3 is 0 Å². The second kappa shape index (κ2) is 4.33. The molecule has 0 spiro atoms. The molecule has 1 heterocycles. The van der Waals surface area contributed by atoms with Crippen LogP contribution in [-0.2, 0) is 0 Å². The Morgan fingerprint density at radius 2 is 2.15 bits per heavy atom. The third-order valence-electron chi connectivity index (χ3n) is 1.72. The summed E-state index contributed by atoms with van der Waals surface area (Å²) in [7, 11) is 0. The molecule has 0 fully saturated rings. The highest BCUT2D eigenvalue weighted by molar-refractivity contribution is 9.10. The van der Waals surface area contributed by atoms with Crippen molar-refractivity contribution in [2.75, 3.05) is 0 Å². The molecule has 0 nitrogen and oxygen atoms in total. The zero-order chi connectivity index (χ0) is 10.1. The van der Waals surface area contributed by atoms with Crippen molar-refractivity contribution in [1.29, 1.82) is 0 Å². The molecule has 0 aromatic carbocycles. The van der Waals surface area contributed by atoms with Gasteiger partial charge in [-0.05, 0) is 39.2 Å². The molecule has 1 rings (SSSR count). The molecule has 0 radical (unpaired) electrons. The molecule has 3 heteroatoms. The largest absolute Gasteiger partial charge is 0.146 e. The lowest BCUT2D eigenvalue weighted by molar-refractivity contribution is 0.373. The Morgan fingerprint density at radius 1 is 1.54 bits per heavy atom. The normalized spacial score (nSPS) is 14.5. The van der Waals surface area contributed by atoms with Gasteiger partial charge in [0, 0.05) is 9.35 Å². The van der Waals surface area contributed by atoms with Crippen LogP contribution in [0.5, 0.6) is 0 Å². The van der Waals surface area contributed by atoms with E-state index < -0.39 is 0 Å². The highest BCUT2D eigenvalue weighted by atomic mass is 79.9. The summed E-state index contributed by atoms with van der Waals surface area (Å²) < 4.78 is 1.14. The summed E-state index contributed by atoms with van der Waals surface area (Å²) in [6.07, 6.45) is 1.01. The summed E-state index contributed by atoms with van der Waals surface area (Å²) >= 11 is 11.5.